The van der Waals surface area contributed by atoms with Gasteiger partial charge in [-0.25, -0.2) is 4.37 Å². The summed E-state index contributed by atoms with van der Waals surface area (Å²) in [6.07, 6.45) is 4.60. The van der Waals surface area contributed by atoms with Crippen molar-refractivity contribution in [3.05, 3.63) is 17.1 Å². The summed E-state index contributed by atoms with van der Waals surface area (Å²) in [4.78, 5) is 0. The van der Waals surface area contributed by atoms with E-state index >= 15 is 0 Å². The predicted octanol–water partition coefficient (Wildman–Crippen LogP) is 1.31. The fraction of sp³-hybridized carbons (Fsp3) is 0.667. The van der Waals surface area contributed by atoms with E-state index in [9.17, 15) is 5.11 Å². The molecule has 0 radical (unpaired) electrons. The van der Waals surface area contributed by atoms with Crippen LogP contribution in [0.25, 0.3) is 0 Å². The molecule has 0 spiro atoms. The number of aliphatic hydroxyl groups is 1. The van der Waals surface area contributed by atoms with Gasteiger partial charge in [0.15, 0.2) is 0 Å². The highest BCUT2D eigenvalue weighted by Crippen LogP contribution is 2.49. The highest BCUT2D eigenvalue weighted by Gasteiger charge is 2.43. The molecule has 72 valence electrons. The predicted molar refractivity (Wildman–Crippen MR) is 52.4 cm³/mol. The van der Waals surface area contributed by atoms with Crippen LogP contribution in [0.4, 0.5) is 0 Å². The number of rotatable bonds is 3. The van der Waals surface area contributed by atoms with Crippen LogP contribution in [-0.4, -0.2) is 16.0 Å². The highest BCUT2D eigenvalue weighted by atomic mass is 32.1. The molecule has 0 saturated heterocycles. The lowest BCUT2D eigenvalue weighted by molar-refractivity contribution is -0.0295. The third-order valence-electron chi connectivity index (χ3n) is 3.10. The van der Waals surface area contributed by atoms with Gasteiger partial charge in [0.05, 0.1) is 6.10 Å². The minimum atomic E-state index is -0.412. The van der Waals surface area contributed by atoms with Crippen LogP contribution in [0.2, 0.25) is 0 Å². The van der Waals surface area contributed by atoms with Crippen LogP contribution in [0, 0.1) is 5.41 Å². The number of hydrogen-bond acceptors (Lipinski definition) is 4. The normalized spacial score (nSPS) is 22.3. The molecule has 1 saturated carbocycles. The first-order valence-electron chi connectivity index (χ1n) is 4.56. The van der Waals surface area contributed by atoms with E-state index in [1.165, 1.54) is 18.0 Å². The van der Waals surface area contributed by atoms with Crippen LogP contribution in [0.1, 0.15) is 30.9 Å². The van der Waals surface area contributed by atoms with E-state index < -0.39 is 6.10 Å². The van der Waals surface area contributed by atoms with Gasteiger partial charge in [-0.2, -0.15) is 0 Å². The van der Waals surface area contributed by atoms with Crippen molar-refractivity contribution < 1.29 is 5.11 Å². The summed E-state index contributed by atoms with van der Waals surface area (Å²) < 4.78 is 3.99. The fourth-order valence-corrected chi connectivity index (χ4v) is 2.48. The van der Waals surface area contributed by atoms with Gasteiger partial charge in [0.25, 0.3) is 0 Å². The zero-order valence-corrected chi connectivity index (χ0v) is 8.26. The first-order valence-corrected chi connectivity index (χ1v) is 5.39. The molecule has 3 nitrogen and oxygen atoms in total. The van der Waals surface area contributed by atoms with E-state index in [-0.39, 0.29) is 5.41 Å². The van der Waals surface area contributed by atoms with Crippen molar-refractivity contribution in [3.63, 3.8) is 0 Å². The van der Waals surface area contributed by atoms with Gasteiger partial charge >= 0.3 is 0 Å². The Morgan fingerprint density at radius 1 is 1.69 bits per heavy atom. The first kappa shape index (κ1) is 9.12. The summed E-state index contributed by atoms with van der Waals surface area (Å²) in [5.41, 5.74) is 6.57. The number of aliphatic hydroxyl groups excluding tert-OH is 1. The Kier molecular flexibility index (Phi) is 2.36. The molecule has 1 heterocycles. The quantitative estimate of drug-likeness (QED) is 0.769. The second-order valence-electron chi connectivity index (χ2n) is 3.78. The monoisotopic (exact) mass is 198 g/mol. The Hall–Kier alpha value is -0.450. The van der Waals surface area contributed by atoms with Crippen molar-refractivity contribution in [1.82, 2.24) is 4.37 Å². The van der Waals surface area contributed by atoms with Crippen LogP contribution in [0.3, 0.4) is 0 Å². The van der Waals surface area contributed by atoms with Gasteiger partial charge in [0.2, 0.25) is 0 Å². The first-order chi connectivity index (χ1) is 6.28. The highest BCUT2D eigenvalue weighted by molar-refractivity contribution is 7.03. The zero-order valence-electron chi connectivity index (χ0n) is 7.44. The number of nitrogens with zero attached hydrogens (tertiary/aromatic N) is 1. The van der Waals surface area contributed by atoms with Gasteiger partial charge in [0.1, 0.15) is 0 Å². The van der Waals surface area contributed by atoms with E-state index in [0.29, 0.717) is 6.54 Å². The number of aromatic nitrogens is 1. The molecular formula is C9H14N2OS. The Labute approximate surface area is 81.8 Å². The minimum Gasteiger partial charge on any atom is -0.388 e. The maximum Gasteiger partial charge on any atom is 0.0881 e. The van der Waals surface area contributed by atoms with Crippen LogP contribution in [0.15, 0.2) is 11.6 Å². The Balaban J connectivity index is 2.16. The summed E-state index contributed by atoms with van der Waals surface area (Å²) in [5, 5.41) is 12.0. The van der Waals surface area contributed by atoms with E-state index in [0.717, 1.165) is 18.4 Å². The van der Waals surface area contributed by atoms with E-state index in [2.05, 4.69) is 4.37 Å². The van der Waals surface area contributed by atoms with Crippen molar-refractivity contribution in [2.45, 2.75) is 25.4 Å². The third-order valence-corrected chi connectivity index (χ3v) is 3.71. The van der Waals surface area contributed by atoms with E-state index in [1.54, 1.807) is 6.20 Å². The molecule has 1 atom stereocenters. The molecule has 0 bridgehead atoms. The second-order valence-corrected chi connectivity index (χ2v) is 4.44. The molecule has 1 aromatic heterocycles. The summed E-state index contributed by atoms with van der Waals surface area (Å²) in [6.45, 7) is 0.573. The molecule has 1 fully saturated rings. The molecular weight excluding hydrogens is 184 g/mol. The molecule has 3 N–H and O–H groups in total. The lowest BCUT2D eigenvalue weighted by Gasteiger charge is -2.44. The van der Waals surface area contributed by atoms with Crippen molar-refractivity contribution in [3.8, 4) is 0 Å². The summed E-state index contributed by atoms with van der Waals surface area (Å²) in [6, 6.07) is 0. The van der Waals surface area contributed by atoms with Gasteiger partial charge in [0, 0.05) is 29.1 Å². The molecule has 1 aliphatic carbocycles. The second kappa shape index (κ2) is 3.36. The molecule has 1 unspecified atom stereocenters. The van der Waals surface area contributed by atoms with Crippen molar-refractivity contribution in [2.24, 2.45) is 11.1 Å². The molecule has 1 aromatic rings. The van der Waals surface area contributed by atoms with Crippen LogP contribution in [-0.2, 0) is 0 Å². The maximum atomic E-state index is 10.1. The maximum absolute atomic E-state index is 10.1. The van der Waals surface area contributed by atoms with Crippen LogP contribution >= 0.6 is 11.5 Å². The van der Waals surface area contributed by atoms with Crippen molar-refractivity contribution in [2.75, 3.05) is 6.54 Å². The molecule has 4 heteroatoms. The summed E-state index contributed by atoms with van der Waals surface area (Å²) in [7, 11) is 0. The summed E-state index contributed by atoms with van der Waals surface area (Å²) in [5.74, 6) is 0. The average molecular weight is 198 g/mol. The SMILES string of the molecule is NCC1(C(O)c2cnsc2)CCC1. The smallest absolute Gasteiger partial charge is 0.0881 e. The number of nitrogens with two attached hydrogens (primary N) is 1. The van der Waals surface area contributed by atoms with Gasteiger partial charge in [-0.15, -0.1) is 0 Å². The van der Waals surface area contributed by atoms with Crippen LogP contribution in [0.5, 0.6) is 0 Å². The largest absolute Gasteiger partial charge is 0.388 e. The fourth-order valence-electron chi connectivity index (χ4n) is 1.92. The zero-order chi connectivity index (χ0) is 9.31. The lowest BCUT2D eigenvalue weighted by atomic mass is 9.64. The molecule has 13 heavy (non-hydrogen) atoms. The molecule has 0 aliphatic heterocycles. The topological polar surface area (TPSA) is 59.1 Å². The molecule has 0 aromatic carbocycles. The molecule has 1 aliphatic rings. The molecule has 0 amide bonds. The Morgan fingerprint density at radius 3 is 2.85 bits per heavy atom. The lowest BCUT2D eigenvalue weighted by Crippen LogP contribution is -2.42. The Bertz CT molecular complexity index is 264. The number of hydrogen-bond donors (Lipinski definition) is 2. The van der Waals surface area contributed by atoms with Gasteiger partial charge in [-0.3, -0.25) is 0 Å². The van der Waals surface area contributed by atoms with Crippen LogP contribution < -0.4 is 5.73 Å². The standard InChI is InChI=1S/C9H14N2OS/c10-6-9(2-1-3-9)8(12)7-4-11-13-5-7/h4-5,8,12H,1-3,6,10H2. The van der Waals surface area contributed by atoms with E-state index in [1.807, 2.05) is 5.38 Å². The van der Waals surface area contributed by atoms with Crippen molar-refractivity contribution >= 4 is 11.5 Å². The van der Waals surface area contributed by atoms with E-state index in [4.69, 9.17) is 5.73 Å². The Morgan fingerprint density at radius 2 is 2.46 bits per heavy atom. The molecule has 2 rings (SSSR count). The van der Waals surface area contributed by atoms with Gasteiger partial charge < -0.3 is 10.8 Å². The third kappa shape index (κ3) is 1.39. The van der Waals surface area contributed by atoms with Gasteiger partial charge in [-0.1, -0.05) is 6.42 Å². The minimum absolute atomic E-state index is 0.0528. The average Bonchev–Trinajstić information content (AvgIpc) is 2.54. The summed E-state index contributed by atoms with van der Waals surface area (Å²) >= 11 is 1.38. The van der Waals surface area contributed by atoms with Gasteiger partial charge in [-0.05, 0) is 24.4 Å². The van der Waals surface area contributed by atoms with Crippen molar-refractivity contribution in [1.29, 1.82) is 0 Å².